The van der Waals surface area contributed by atoms with E-state index < -0.39 is 0 Å². The predicted molar refractivity (Wildman–Crippen MR) is 72.4 cm³/mol. The molecule has 0 aliphatic heterocycles. The molecule has 1 rings (SSSR count). The van der Waals surface area contributed by atoms with E-state index in [-0.39, 0.29) is 5.97 Å². The fourth-order valence-electron chi connectivity index (χ4n) is 1.83. The summed E-state index contributed by atoms with van der Waals surface area (Å²) in [6.45, 7) is 0. The molecule has 1 aromatic rings. The van der Waals surface area contributed by atoms with Gasteiger partial charge in [-0.05, 0) is 30.7 Å². The smallest absolute Gasteiger partial charge is 0.305 e. The van der Waals surface area contributed by atoms with E-state index in [1.54, 1.807) is 0 Å². The van der Waals surface area contributed by atoms with Crippen molar-refractivity contribution in [1.82, 2.24) is 0 Å². The first-order chi connectivity index (χ1) is 8.33. The molecule has 0 aliphatic carbocycles. The van der Waals surface area contributed by atoms with Gasteiger partial charge in [0.2, 0.25) is 0 Å². The van der Waals surface area contributed by atoms with Gasteiger partial charge in [-0.2, -0.15) is 0 Å². The Morgan fingerprint density at radius 2 is 1.88 bits per heavy atom. The molecule has 0 N–H and O–H groups in total. The van der Waals surface area contributed by atoms with Gasteiger partial charge in [0.15, 0.2) is 0 Å². The molecule has 0 unspecified atom stereocenters. The highest BCUT2D eigenvalue weighted by molar-refractivity contribution is 7.09. The molecule has 0 fully saturated rings. The minimum absolute atomic E-state index is 0.0808. The summed E-state index contributed by atoms with van der Waals surface area (Å²) in [5.74, 6) is -0.0808. The highest BCUT2D eigenvalue weighted by Gasteiger charge is 1.99. The van der Waals surface area contributed by atoms with Crippen LogP contribution < -0.4 is 0 Å². The lowest BCUT2D eigenvalue weighted by Gasteiger charge is -2.01. The molecule has 17 heavy (non-hydrogen) atoms. The minimum Gasteiger partial charge on any atom is -0.469 e. The number of hydrogen-bond acceptors (Lipinski definition) is 3. The van der Waals surface area contributed by atoms with Crippen LogP contribution in [0.3, 0.4) is 0 Å². The van der Waals surface area contributed by atoms with Crippen molar-refractivity contribution < 1.29 is 9.53 Å². The average Bonchev–Trinajstić information content (AvgIpc) is 2.85. The fraction of sp³-hybridized carbons (Fsp3) is 0.643. The molecule has 0 amide bonds. The standard InChI is InChI=1S/C14H22O2S/c1-16-14(15)11-7-5-3-2-4-6-9-13-10-8-12-17-13/h8,10,12H,2-7,9,11H2,1H3. The number of rotatable bonds is 9. The van der Waals surface area contributed by atoms with Gasteiger partial charge < -0.3 is 4.74 Å². The number of unbranched alkanes of at least 4 members (excludes halogenated alkanes) is 5. The van der Waals surface area contributed by atoms with Crippen LogP contribution in [0.15, 0.2) is 17.5 Å². The Bertz CT molecular complexity index is 293. The number of carbonyl (C=O) groups excluding carboxylic acids is 1. The Hall–Kier alpha value is -0.830. The molecule has 1 heterocycles. The maximum absolute atomic E-state index is 10.9. The van der Waals surface area contributed by atoms with Crippen molar-refractivity contribution in [1.29, 1.82) is 0 Å². The summed E-state index contributed by atoms with van der Waals surface area (Å²) in [7, 11) is 1.45. The van der Waals surface area contributed by atoms with Crippen LogP contribution in [0.25, 0.3) is 0 Å². The number of methoxy groups -OCH3 is 1. The molecule has 96 valence electrons. The van der Waals surface area contributed by atoms with Gasteiger partial charge >= 0.3 is 5.97 Å². The molecule has 0 saturated carbocycles. The van der Waals surface area contributed by atoms with Crippen LogP contribution in [0.1, 0.15) is 49.8 Å². The predicted octanol–water partition coefficient (Wildman–Crippen LogP) is 4.19. The van der Waals surface area contributed by atoms with Crippen molar-refractivity contribution in [2.75, 3.05) is 7.11 Å². The van der Waals surface area contributed by atoms with Crippen LogP contribution in [-0.4, -0.2) is 13.1 Å². The van der Waals surface area contributed by atoms with E-state index in [0.29, 0.717) is 6.42 Å². The van der Waals surface area contributed by atoms with E-state index in [1.807, 2.05) is 11.3 Å². The van der Waals surface area contributed by atoms with Crippen molar-refractivity contribution in [3.8, 4) is 0 Å². The molecule has 1 aromatic heterocycles. The lowest BCUT2D eigenvalue weighted by atomic mass is 10.1. The SMILES string of the molecule is COC(=O)CCCCCCCCc1cccs1. The topological polar surface area (TPSA) is 26.3 Å². The zero-order valence-corrected chi connectivity index (χ0v) is 11.4. The summed E-state index contributed by atoms with van der Waals surface area (Å²) in [6, 6.07) is 4.33. The van der Waals surface area contributed by atoms with Crippen LogP contribution in [0.5, 0.6) is 0 Å². The second-order valence-corrected chi connectivity index (χ2v) is 5.31. The number of aryl methyl sites for hydroxylation is 1. The third-order valence-electron chi connectivity index (χ3n) is 2.86. The molecule has 2 nitrogen and oxygen atoms in total. The molecule has 0 aromatic carbocycles. The normalized spacial score (nSPS) is 10.4. The first-order valence-electron chi connectivity index (χ1n) is 6.42. The van der Waals surface area contributed by atoms with Crippen molar-refractivity contribution in [2.45, 2.75) is 51.4 Å². The van der Waals surface area contributed by atoms with Gasteiger partial charge in [0.1, 0.15) is 0 Å². The number of carbonyl (C=O) groups is 1. The molecule has 0 spiro atoms. The molecule has 0 atom stereocenters. The van der Waals surface area contributed by atoms with E-state index in [9.17, 15) is 4.79 Å². The molecule has 0 saturated heterocycles. The molecule has 0 bridgehead atoms. The number of ether oxygens (including phenoxy) is 1. The van der Waals surface area contributed by atoms with Crippen molar-refractivity contribution in [3.05, 3.63) is 22.4 Å². The highest BCUT2D eigenvalue weighted by atomic mass is 32.1. The molecule has 0 radical (unpaired) electrons. The van der Waals surface area contributed by atoms with Gasteiger partial charge in [0, 0.05) is 11.3 Å². The second-order valence-electron chi connectivity index (χ2n) is 4.28. The van der Waals surface area contributed by atoms with E-state index in [4.69, 9.17) is 0 Å². The Morgan fingerprint density at radius 1 is 1.18 bits per heavy atom. The van der Waals surface area contributed by atoms with Crippen molar-refractivity contribution >= 4 is 17.3 Å². The van der Waals surface area contributed by atoms with Gasteiger partial charge in [-0.15, -0.1) is 11.3 Å². The van der Waals surface area contributed by atoms with Crippen LogP contribution in [-0.2, 0) is 16.0 Å². The molecular weight excluding hydrogens is 232 g/mol. The first kappa shape index (κ1) is 14.2. The first-order valence-corrected chi connectivity index (χ1v) is 7.30. The van der Waals surface area contributed by atoms with Gasteiger partial charge in [-0.3, -0.25) is 4.79 Å². The molecular formula is C14H22O2S. The fourth-order valence-corrected chi connectivity index (χ4v) is 2.58. The van der Waals surface area contributed by atoms with Gasteiger partial charge in [-0.25, -0.2) is 0 Å². The van der Waals surface area contributed by atoms with Crippen LogP contribution in [0.4, 0.5) is 0 Å². The third-order valence-corrected chi connectivity index (χ3v) is 3.80. The van der Waals surface area contributed by atoms with Gasteiger partial charge in [0.05, 0.1) is 7.11 Å². The maximum atomic E-state index is 10.9. The number of hydrogen-bond donors (Lipinski definition) is 0. The van der Waals surface area contributed by atoms with Crippen LogP contribution >= 0.6 is 11.3 Å². The lowest BCUT2D eigenvalue weighted by molar-refractivity contribution is -0.140. The van der Waals surface area contributed by atoms with Gasteiger partial charge in [-0.1, -0.05) is 31.7 Å². The largest absolute Gasteiger partial charge is 0.469 e. The Labute approximate surface area is 108 Å². The summed E-state index contributed by atoms with van der Waals surface area (Å²) in [5.41, 5.74) is 0. The minimum atomic E-state index is -0.0808. The summed E-state index contributed by atoms with van der Waals surface area (Å²) in [4.78, 5) is 12.4. The van der Waals surface area contributed by atoms with E-state index in [1.165, 1.54) is 44.1 Å². The van der Waals surface area contributed by atoms with Crippen LogP contribution in [0.2, 0.25) is 0 Å². The monoisotopic (exact) mass is 254 g/mol. The van der Waals surface area contributed by atoms with E-state index in [0.717, 1.165) is 12.8 Å². The number of thiophene rings is 1. The third kappa shape index (κ3) is 7.16. The Morgan fingerprint density at radius 3 is 2.53 bits per heavy atom. The average molecular weight is 254 g/mol. The summed E-state index contributed by atoms with van der Waals surface area (Å²) < 4.78 is 4.60. The second kappa shape index (κ2) is 9.23. The molecule has 3 heteroatoms. The van der Waals surface area contributed by atoms with Gasteiger partial charge in [0.25, 0.3) is 0 Å². The summed E-state index contributed by atoms with van der Waals surface area (Å²) in [5, 5.41) is 2.14. The van der Waals surface area contributed by atoms with E-state index in [2.05, 4.69) is 22.2 Å². The van der Waals surface area contributed by atoms with Crippen LogP contribution in [0, 0.1) is 0 Å². The summed E-state index contributed by atoms with van der Waals surface area (Å²) >= 11 is 1.85. The van der Waals surface area contributed by atoms with E-state index >= 15 is 0 Å². The molecule has 0 aliphatic rings. The van der Waals surface area contributed by atoms with Crippen molar-refractivity contribution in [3.63, 3.8) is 0 Å². The Kier molecular flexibility index (Phi) is 7.72. The maximum Gasteiger partial charge on any atom is 0.305 e. The van der Waals surface area contributed by atoms with Crippen molar-refractivity contribution in [2.24, 2.45) is 0 Å². The summed E-state index contributed by atoms with van der Waals surface area (Å²) in [6.07, 6.45) is 9.03. The number of esters is 1. The highest BCUT2D eigenvalue weighted by Crippen LogP contribution is 2.14. The Balaban J connectivity index is 1.83. The lowest BCUT2D eigenvalue weighted by Crippen LogP contribution is -1.99. The zero-order valence-electron chi connectivity index (χ0n) is 10.6. The zero-order chi connectivity index (χ0) is 12.3. The quantitative estimate of drug-likeness (QED) is 0.488.